The molecular weight excluding hydrogens is 317 g/mol. The molecule has 1 saturated heterocycles. The fourth-order valence-electron chi connectivity index (χ4n) is 3.36. The van der Waals surface area contributed by atoms with E-state index in [-0.39, 0.29) is 11.7 Å². The number of carbonyl (C=O) groups is 1. The van der Waals surface area contributed by atoms with Crippen LogP contribution in [0.5, 0.6) is 0 Å². The van der Waals surface area contributed by atoms with Gasteiger partial charge in [0.15, 0.2) is 0 Å². The zero-order chi connectivity index (χ0) is 17.6. The summed E-state index contributed by atoms with van der Waals surface area (Å²) in [5, 5.41) is 2.87. The summed E-state index contributed by atoms with van der Waals surface area (Å²) in [6.07, 6.45) is 8.16. The van der Waals surface area contributed by atoms with E-state index >= 15 is 0 Å². The first-order valence-electron chi connectivity index (χ1n) is 8.91. The number of hydrogen-bond acceptors (Lipinski definition) is 3. The van der Waals surface area contributed by atoms with Gasteiger partial charge in [-0.3, -0.25) is 9.78 Å². The third-order valence-corrected chi connectivity index (χ3v) is 4.78. The van der Waals surface area contributed by atoms with Crippen LogP contribution in [-0.4, -0.2) is 23.5 Å². The highest BCUT2D eigenvalue weighted by Gasteiger charge is 2.22. The van der Waals surface area contributed by atoms with Crippen LogP contribution in [0.2, 0.25) is 0 Å². The number of nitrogens with zero attached hydrogens (tertiary/aromatic N) is 2. The van der Waals surface area contributed by atoms with E-state index in [1.807, 2.05) is 12.3 Å². The Bertz CT molecular complexity index is 717. The molecule has 0 spiro atoms. The molecule has 1 unspecified atom stereocenters. The molecule has 1 aromatic heterocycles. The van der Waals surface area contributed by atoms with E-state index in [0.717, 1.165) is 24.2 Å². The molecule has 4 nitrogen and oxygen atoms in total. The van der Waals surface area contributed by atoms with Crippen LogP contribution >= 0.6 is 0 Å². The lowest BCUT2D eigenvalue weighted by Crippen LogP contribution is -2.39. The first-order valence-corrected chi connectivity index (χ1v) is 8.91. The Balaban J connectivity index is 1.67. The second kappa shape index (κ2) is 8.10. The number of piperidine rings is 1. The lowest BCUT2D eigenvalue weighted by molar-refractivity contribution is 0.0950. The van der Waals surface area contributed by atoms with Crippen molar-refractivity contribution in [1.82, 2.24) is 10.3 Å². The monoisotopic (exact) mass is 341 g/mol. The first-order chi connectivity index (χ1) is 12.2. The molecule has 0 aliphatic carbocycles. The summed E-state index contributed by atoms with van der Waals surface area (Å²) >= 11 is 0. The zero-order valence-corrected chi connectivity index (χ0v) is 14.5. The lowest BCUT2D eigenvalue weighted by Gasteiger charge is -2.37. The molecule has 1 atom stereocenters. The second-order valence-corrected chi connectivity index (χ2v) is 6.49. The number of halogens is 1. The molecule has 2 aromatic rings. The van der Waals surface area contributed by atoms with E-state index in [1.165, 1.54) is 31.4 Å². The van der Waals surface area contributed by atoms with Gasteiger partial charge in [-0.2, -0.15) is 0 Å². The van der Waals surface area contributed by atoms with E-state index in [4.69, 9.17) is 0 Å². The van der Waals surface area contributed by atoms with Gasteiger partial charge in [-0.1, -0.05) is 19.1 Å². The van der Waals surface area contributed by atoms with Gasteiger partial charge in [-0.05, 0) is 49.4 Å². The summed E-state index contributed by atoms with van der Waals surface area (Å²) in [6, 6.07) is 8.57. The molecule has 0 radical (unpaired) electrons. The Kier molecular flexibility index (Phi) is 5.64. The number of anilines is 1. The van der Waals surface area contributed by atoms with Crippen LogP contribution in [-0.2, 0) is 6.54 Å². The summed E-state index contributed by atoms with van der Waals surface area (Å²) in [4.78, 5) is 19.1. The van der Waals surface area contributed by atoms with Crippen molar-refractivity contribution in [2.75, 3.05) is 11.4 Å². The van der Waals surface area contributed by atoms with Crippen LogP contribution in [0.3, 0.4) is 0 Å². The Labute approximate surface area is 148 Å². The molecule has 5 heteroatoms. The van der Waals surface area contributed by atoms with Crippen molar-refractivity contribution >= 4 is 11.6 Å². The molecule has 132 valence electrons. The number of amides is 1. The highest BCUT2D eigenvalue weighted by atomic mass is 19.1. The number of hydrogen-bond donors (Lipinski definition) is 1. The van der Waals surface area contributed by atoms with E-state index in [0.29, 0.717) is 18.2 Å². The average molecular weight is 341 g/mol. The molecule has 1 N–H and O–H groups in total. The maximum absolute atomic E-state index is 12.9. The van der Waals surface area contributed by atoms with Gasteiger partial charge in [0.2, 0.25) is 0 Å². The van der Waals surface area contributed by atoms with E-state index in [9.17, 15) is 9.18 Å². The summed E-state index contributed by atoms with van der Waals surface area (Å²) in [6.45, 7) is 3.58. The molecule has 25 heavy (non-hydrogen) atoms. The number of carbonyl (C=O) groups excluding carboxylic acids is 1. The molecule has 3 rings (SSSR count). The number of rotatable bonds is 5. The van der Waals surface area contributed by atoms with Crippen LogP contribution in [0, 0.1) is 5.82 Å². The van der Waals surface area contributed by atoms with Gasteiger partial charge in [0.1, 0.15) is 5.82 Å². The minimum Gasteiger partial charge on any atom is -0.367 e. The van der Waals surface area contributed by atoms with Gasteiger partial charge in [-0.15, -0.1) is 0 Å². The van der Waals surface area contributed by atoms with Crippen LogP contribution in [0.25, 0.3) is 0 Å². The molecule has 1 aliphatic rings. The van der Waals surface area contributed by atoms with Gasteiger partial charge in [-0.25, -0.2) is 4.39 Å². The van der Waals surface area contributed by atoms with Gasteiger partial charge in [0.25, 0.3) is 5.91 Å². The first kappa shape index (κ1) is 17.4. The van der Waals surface area contributed by atoms with Crippen LogP contribution < -0.4 is 10.2 Å². The largest absolute Gasteiger partial charge is 0.367 e. The Morgan fingerprint density at radius 2 is 2.08 bits per heavy atom. The zero-order valence-electron chi connectivity index (χ0n) is 14.5. The minimum absolute atomic E-state index is 0.163. The molecule has 1 fully saturated rings. The molecule has 1 amide bonds. The van der Waals surface area contributed by atoms with Crippen molar-refractivity contribution in [3.63, 3.8) is 0 Å². The molecule has 1 aromatic carbocycles. The van der Waals surface area contributed by atoms with Crippen molar-refractivity contribution in [3.05, 3.63) is 59.7 Å². The van der Waals surface area contributed by atoms with Crippen molar-refractivity contribution in [2.45, 2.75) is 45.2 Å². The van der Waals surface area contributed by atoms with Crippen LogP contribution in [0.4, 0.5) is 10.1 Å². The maximum atomic E-state index is 12.9. The van der Waals surface area contributed by atoms with Gasteiger partial charge < -0.3 is 10.2 Å². The molecular formula is C20H24FN3O. The summed E-state index contributed by atoms with van der Waals surface area (Å²) in [5.41, 5.74) is 2.43. The minimum atomic E-state index is -0.279. The number of nitrogens with one attached hydrogen (secondary N) is 1. The quantitative estimate of drug-likeness (QED) is 0.896. The van der Waals surface area contributed by atoms with E-state index in [1.54, 1.807) is 18.3 Å². The summed E-state index contributed by atoms with van der Waals surface area (Å²) in [7, 11) is 0. The maximum Gasteiger partial charge on any atom is 0.253 e. The number of aromatic nitrogens is 1. The van der Waals surface area contributed by atoms with Crippen molar-refractivity contribution in [2.24, 2.45) is 0 Å². The number of pyridine rings is 1. The topological polar surface area (TPSA) is 45.2 Å². The third kappa shape index (κ3) is 4.35. The van der Waals surface area contributed by atoms with Crippen molar-refractivity contribution in [3.8, 4) is 0 Å². The second-order valence-electron chi connectivity index (χ2n) is 6.49. The van der Waals surface area contributed by atoms with E-state index < -0.39 is 0 Å². The van der Waals surface area contributed by atoms with Gasteiger partial charge in [0.05, 0.1) is 17.4 Å². The van der Waals surface area contributed by atoms with E-state index in [2.05, 4.69) is 22.1 Å². The highest BCUT2D eigenvalue weighted by molar-refractivity contribution is 5.94. The Morgan fingerprint density at radius 3 is 2.84 bits per heavy atom. The smallest absolute Gasteiger partial charge is 0.253 e. The fraction of sp³-hybridized carbons (Fsp3) is 0.400. The molecule has 1 aliphatic heterocycles. The Morgan fingerprint density at radius 1 is 1.28 bits per heavy atom. The van der Waals surface area contributed by atoms with Crippen LogP contribution in [0.15, 0.2) is 42.7 Å². The predicted octanol–water partition coefficient (Wildman–Crippen LogP) is 3.92. The molecule has 2 heterocycles. The lowest BCUT2D eigenvalue weighted by atomic mass is 9.99. The SMILES string of the molecule is CCC1CCCCN1c1cncc(C(=O)NCc2ccc(F)cc2)c1. The van der Waals surface area contributed by atoms with Crippen molar-refractivity contribution < 1.29 is 9.18 Å². The number of benzene rings is 1. The highest BCUT2D eigenvalue weighted by Crippen LogP contribution is 2.26. The fourth-order valence-corrected chi connectivity index (χ4v) is 3.36. The third-order valence-electron chi connectivity index (χ3n) is 4.78. The van der Waals surface area contributed by atoms with Crippen LogP contribution in [0.1, 0.15) is 48.5 Å². The molecule has 0 bridgehead atoms. The van der Waals surface area contributed by atoms with Gasteiger partial charge >= 0.3 is 0 Å². The summed E-state index contributed by atoms with van der Waals surface area (Å²) < 4.78 is 12.9. The van der Waals surface area contributed by atoms with Crippen molar-refractivity contribution in [1.29, 1.82) is 0 Å². The summed E-state index contributed by atoms with van der Waals surface area (Å²) in [5.74, 6) is -0.442. The predicted molar refractivity (Wildman–Crippen MR) is 97.1 cm³/mol. The molecule has 0 saturated carbocycles. The Hall–Kier alpha value is -2.43. The standard InChI is InChI=1S/C20H24FN3O/c1-2-18-5-3-4-10-24(18)19-11-16(13-22-14-19)20(25)23-12-15-6-8-17(21)9-7-15/h6-9,11,13-14,18H,2-5,10,12H2,1H3,(H,23,25). The van der Waals surface area contributed by atoms with Gasteiger partial charge in [0, 0.05) is 25.3 Å². The average Bonchev–Trinajstić information content (AvgIpc) is 2.67. The normalized spacial score (nSPS) is 17.4.